The summed E-state index contributed by atoms with van der Waals surface area (Å²) in [6.45, 7) is 3.83. The average Bonchev–Trinajstić information content (AvgIpc) is 3.37. The van der Waals surface area contributed by atoms with Crippen molar-refractivity contribution in [1.82, 2.24) is 24.6 Å². The van der Waals surface area contributed by atoms with Crippen molar-refractivity contribution < 1.29 is 13.9 Å². The molecule has 3 aromatic heterocycles. The number of thiazole rings is 1. The van der Waals surface area contributed by atoms with E-state index in [1.807, 2.05) is 13.8 Å². The fourth-order valence-electron chi connectivity index (χ4n) is 3.23. The molecule has 0 saturated carbocycles. The lowest BCUT2D eigenvalue weighted by Gasteiger charge is -2.10. The van der Waals surface area contributed by atoms with Gasteiger partial charge < -0.3 is 10.1 Å². The quantitative estimate of drug-likeness (QED) is 0.506. The van der Waals surface area contributed by atoms with E-state index in [4.69, 9.17) is 4.74 Å². The Morgan fingerprint density at radius 1 is 1.30 bits per heavy atom. The van der Waals surface area contributed by atoms with Gasteiger partial charge in [-0.15, -0.1) is 11.3 Å². The summed E-state index contributed by atoms with van der Waals surface area (Å²) in [7, 11) is 1.41. The summed E-state index contributed by atoms with van der Waals surface area (Å²) in [5.41, 5.74) is 3.92. The van der Waals surface area contributed by atoms with Crippen molar-refractivity contribution in [2.75, 3.05) is 12.4 Å². The van der Waals surface area contributed by atoms with Crippen LogP contribution >= 0.6 is 11.3 Å². The van der Waals surface area contributed by atoms with Crippen molar-refractivity contribution in [3.05, 3.63) is 52.7 Å². The first kappa shape index (κ1) is 19.9. The second kappa shape index (κ2) is 8.15. The van der Waals surface area contributed by atoms with Crippen molar-refractivity contribution in [2.24, 2.45) is 0 Å². The first-order valence-corrected chi connectivity index (χ1v) is 10.1. The third kappa shape index (κ3) is 3.86. The largest absolute Gasteiger partial charge is 0.494 e. The van der Waals surface area contributed by atoms with E-state index in [1.54, 1.807) is 22.0 Å². The first-order valence-electron chi connectivity index (χ1n) is 9.21. The zero-order valence-electron chi connectivity index (χ0n) is 16.6. The van der Waals surface area contributed by atoms with Gasteiger partial charge in [-0.25, -0.2) is 18.9 Å². The van der Waals surface area contributed by atoms with Gasteiger partial charge in [0.25, 0.3) is 5.78 Å². The molecule has 0 saturated heterocycles. The Kier molecular flexibility index (Phi) is 5.40. The number of aryl methyl sites for hydroxylation is 2. The van der Waals surface area contributed by atoms with Crippen molar-refractivity contribution in [2.45, 2.75) is 26.7 Å². The molecule has 0 aliphatic carbocycles. The number of benzene rings is 1. The van der Waals surface area contributed by atoms with Crippen LogP contribution in [0.1, 0.15) is 23.4 Å². The van der Waals surface area contributed by atoms with Crippen LogP contribution in [0.5, 0.6) is 5.75 Å². The molecule has 0 unspecified atom stereocenters. The van der Waals surface area contributed by atoms with Gasteiger partial charge in [0.15, 0.2) is 16.7 Å². The summed E-state index contributed by atoms with van der Waals surface area (Å²) in [5.74, 6) is 0.0988. The highest BCUT2D eigenvalue weighted by molar-refractivity contribution is 7.14. The van der Waals surface area contributed by atoms with Crippen LogP contribution in [0.4, 0.5) is 9.52 Å². The Bertz CT molecular complexity index is 1240. The van der Waals surface area contributed by atoms with E-state index in [2.05, 4.69) is 25.4 Å². The summed E-state index contributed by atoms with van der Waals surface area (Å²) in [5, 5.41) is 9.20. The van der Waals surface area contributed by atoms with Gasteiger partial charge in [-0.05, 0) is 44.0 Å². The number of ether oxygens (including phenoxy) is 1. The van der Waals surface area contributed by atoms with Crippen molar-refractivity contribution in [3.63, 3.8) is 0 Å². The molecule has 3 heterocycles. The molecule has 0 fully saturated rings. The minimum Gasteiger partial charge on any atom is -0.494 e. The number of fused-ring (bicyclic) bond motifs is 1. The third-order valence-electron chi connectivity index (χ3n) is 4.79. The zero-order chi connectivity index (χ0) is 21.3. The summed E-state index contributed by atoms with van der Waals surface area (Å²) in [4.78, 5) is 25.3. The predicted octanol–water partition coefficient (Wildman–Crippen LogP) is 3.58. The average molecular weight is 426 g/mol. The molecule has 4 aromatic rings. The van der Waals surface area contributed by atoms with E-state index in [1.165, 1.54) is 30.8 Å². The number of anilines is 1. The van der Waals surface area contributed by atoms with Crippen LogP contribution in [0.2, 0.25) is 0 Å². The number of halogens is 1. The fourth-order valence-corrected chi connectivity index (χ4v) is 3.96. The van der Waals surface area contributed by atoms with E-state index in [0.717, 1.165) is 17.0 Å². The molecule has 1 amide bonds. The Morgan fingerprint density at radius 2 is 2.13 bits per heavy atom. The number of hydrogen-bond acceptors (Lipinski definition) is 7. The molecule has 0 spiro atoms. The van der Waals surface area contributed by atoms with Crippen LogP contribution in [0.25, 0.3) is 17.0 Å². The second-order valence-corrected chi connectivity index (χ2v) is 7.53. The van der Waals surface area contributed by atoms with Crippen molar-refractivity contribution in [3.8, 4) is 17.0 Å². The lowest BCUT2D eigenvalue weighted by Crippen LogP contribution is -2.14. The van der Waals surface area contributed by atoms with E-state index in [9.17, 15) is 9.18 Å². The number of carbonyl (C=O) groups excluding carboxylic acids is 1. The minimum absolute atomic E-state index is 0.158. The molecular formula is C20H19FN6O2S. The maximum Gasteiger partial charge on any atom is 0.252 e. The van der Waals surface area contributed by atoms with Crippen molar-refractivity contribution in [1.29, 1.82) is 0 Å². The number of methoxy groups -OCH3 is 1. The van der Waals surface area contributed by atoms with Crippen molar-refractivity contribution >= 4 is 28.2 Å². The van der Waals surface area contributed by atoms with Gasteiger partial charge in [0.2, 0.25) is 5.91 Å². The number of amides is 1. The van der Waals surface area contributed by atoms with E-state index < -0.39 is 5.82 Å². The van der Waals surface area contributed by atoms with Crippen LogP contribution in [-0.2, 0) is 11.2 Å². The normalized spacial score (nSPS) is 11.1. The molecule has 4 rings (SSSR count). The molecular weight excluding hydrogens is 407 g/mol. The van der Waals surface area contributed by atoms with Crippen LogP contribution in [-0.4, -0.2) is 37.6 Å². The number of hydrogen-bond donors (Lipinski definition) is 1. The lowest BCUT2D eigenvalue weighted by molar-refractivity contribution is -0.116. The minimum atomic E-state index is -0.461. The standard InChI is InChI=1S/C20H19FN6O2S/c1-11-14(12(2)27-19(24-11)22-10-23-27)5-7-18(28)26-20-25-16(9-30-20)13-4-6-17(29-3)15(21)8-13/h4,6,8-10H,5,7H2,1-3H3,(H,25,26,28). The van der Waals surface area contributed by atoms with Gasteiger partial charge in [0.1, 0.15) is 6.33 Å². The molecule has 0 bridgehead atoms. The van der Waals surface area contributed by atoms with Gasteiger partial charge in [-0.1, -0.05) is 0 Å². The Labute approximate surface area is 175 Å². The van der Waals surface area contributed by atoms with Crippen LogP contribution in [0, 0.1) is 19.7 Å². The van der Waals surface area contributed by atoms with E-state index in [0.29, 0.717) is 28.6 Å². The SMILES string of the molecule is COc1ccc(-c2csc(NC(=O)CCc3c(C)nc4ncnn4c3C)n2)cc1F. The molecule has 0 atom stereocenters. The summed E-state index contributed by atoms with van der Waals surface area (Å²) in [6.07, 6.45) is 2.25. The molecule has 0 aliphatic rings. The molecule has 1 aromatic carbocycles. The van der Waals surface area contributed by atoms with E-state index in [-0.39, 0.29) is 18.1 Å². The molecule has 10 heteroatoms. The smallest absolute Gasteiger partial charge is 0.252 e. The number of aromatic nitrogens is 5. The monoisotopic (exact) mass is 426 g/mol. The summed E-state index contributed by atoms with van der Waals surface area (Å²) in [6, 6.07) is 4.63. The summed E-state index contributed by atoms with van der Waals surface area (Å²) >= 11 is 1.29. The molecule has 0 aliphatic heterocycles. The highest BCUT2D eigenvalue weighted by Gasteiger charge is 2.14. The van der Waals surface area contributed by atoms with Crippen LogP contribution in [0.3, 0.4) is 0 Å². The lowest BCUT2D eigenvalue weighted by atomic mass is 10.1. The van der Waals surface area contributed by atoms with Gasteiger partial charge >= 0.3 is 0 Å². The Balaban J connectivity index is 1.42. The van der Waals surface area contributed by atoms with E-state index >= 15 is 0 Å². The predicted molar refractivity (Wildman–Crippen MR) is 111 cm³/mol. The van der Waals surface area contributed by atoms with Gasteiger partial charge in [0, 0.05) is 28.8 Å². The third-order valence-corrected chi connectivity index (χ3v) is 5.55. The molecule has 8 nitrogen and oxygen atoms in total. The van der Waals surface area contributed by atoms with Crippen LogP contribution < -0.4 is 10.1 Å². The topological polar surface area (TPSA) is 94.3 Å². The summed E-state index contributed by atoms with van der Waals surface area (Å²) < 4.78 is 20.5. The molecule has 30 heavy (non-hydrogen) atoms. The Morgan fingerprint density at radius 3 is 2.90 bits per heavy atom. The van der Waals surface area contributed by atoms with Crippen LogP contribution in [0.15, 0.2) is 29.9 Å². The van der Waals surface area contributed by atoms with Gasteiger partial charge in [-0.3, -0.25) is 4.79 Å². The number of rotatable bonds is 6. The van der Waals surface area contributed by atoms with Gasteiger partial charge in [-0.2, -0.15) is 10.1 Å². The zero-order valence-corrected chi connectivity index (χ0v) is 17.5. The highest BCUT2D eigenvalue weighted by atomic mass is 32.1. The first-order chi connectivity index (χ1) is 14.5. The molecule has 1 N–H and O–H groups in total. The highest BCUT2D eigenvalue weighted by Crippen LogP contribution is 2.28. The number of carbonyl (C=O) groups is 1. The fraction of sp³-hybridized carbons (Fsp3) is 0.250. The van der Waals surface area contributed by atoms with Gasteiger partial charge in [0.05, 0.1) is 12.8 Å². The second-order valence-electron chi connectivity index (χ2n) is 6.67. The molecule has 0 radical (unpaired) electrons. The number of nitrogens with one attached hydrogen (secondary N) is 1. The maximum atomic E-state index is 13.9. The molecule has 154 valence electrons. The maximum absolute atomic E-state index is 13.9. The Hall–Kier alpha value is -3.40. The number of nitrogens with zero attached hydrogens (tertiary/aromatic N) is 5.